The Bertz CT molecular complexity index is 1100. The molecule has 0 aliphatic carbocycles. The molecular weight excluding hydrogens is 380 g/mol. The second-order valence-corrected chi connectivity index (χ2v) is 7.15. The number of ether oxygens (including phenoxy) is 1. The van der Waals surface area contributed by atoms with Crippen molar-refractivity contribution in [1.29, 1.82) is 0 Å². The molecule has 0 saturated heterocycles. The minimum atomic E-state index is -1.07. The van der Waals surface area contributed by atoms with E-state index >= 15 is 0 Å². The van der Waals surface area contributed by atoms with Gasteiger partial charge in [-0.3, -0.25) is 4.79 Å². The minimum Gasteiger partial charge on any atom is -0.495 e. The van der Waals surface area contributed by atoms with Gasteiger partial charge in [-0.15, -0.1) is 0 Å². The van der Waals surface area contributed by atoms with Gasteiger partial charge in [0.05, 0.1) is 19.2 Å². The van der Waals surface area contributed by atoms with E-state index in [9.17, 15) is 14.7 Å². The van der Waals surface area contributed by atoms with E-state index in [0.717, 1.165) is 22.0 Å². The molecule has 1 heterocycles. The molecule has 2 N–H and O–H groups in total. The maximum Gasteiger partial charge on any atom is 0.352 e. The highest BCUT2D eigenvalue weighted by Crippen LogP contribution is 2.32. The molecule has 0 aliphatic rings. The highest BCUT2D eigenvalue weighted by atomic mass is 35.5. The number of aromatic carboxylic acids is 1. The van der Waals surface area contributed by atoms with Gasteiger partial charge in [0.1, 0.15) is 11.4 Å². The third-order valence-electron chi connectivity index (χ3n) is 4.75. The number of carboxylic acid groups (broad SMARTS) is 1. The number of rotatable bonds is 5. The predicted molar refractivity (Wildman–Crippen MR) is 110 cm³/mol. The molecule has 0 fully saturated rings. The van der Waals surface area contributed by atoms with Crippen molar-refractivity contribution in [1.82, 2.24) is 4.57 Å². The summed E-state index contributed by atoms with van der Waals surface area (Å²) in [5.41, 5.74) is 3.63. The van der Waals surface area contributed by atoms with Crippen LogP contribution in [0.4, 0.5) is 5.69 Å². The molecule has 0 aliphatic heterocycles. The molecule has 0 saturated carbocycles. The maximum absolute atomic E-state index is 12.8. The standard InChI is InChI=1S/C21H21ClN2O4/c1-11-5-6-17-13(7-11)14(20(21(26)27)24(17)3)9-19(25)23-16-8-12(2)15(22)10-18(16)28-4/h5-8,10H,9H2,1-4H3,(H,23,25)(H,26,27). The van der Waals surface area contributed by atoms with Gasteiger partial charge < -0.3 is 19.7 Å². The van der Waals surface area contributed by atoms with Gasteiger partial charge in [0.15, 0.2) is 0 Å². The van der Waals surface area contributed by atoms with Crippen LogP contribution in [0.15, 0.2) is 30.3 Å². The second kappa shape index (κ2) is 7.56. The van der Waals surface area contributed by atoms with Crippen molar-refractivity contribution in [3.05, 3.63) is 57.7 Å². The summed E-state index contributed by atoms with van der Waals surface area (Å²) in [4.78, 5) is 24.6. The van der Waals surface area contributed by atoms with Crippen molar-refractivity contribution < 1.29 is 19.4 Å². The monoisotopic (exact) mass is 400 g/mol. The van der Waals surface area contributed by atoms with Crippen LogP contribution < -0.4 is 10.1 Å². The Labute approximate surface area is 167 Å². The fourth-order valence-corrected chi connectivity index (χ4v) is 3.52. The van der Waals surface area contributed by atoms with Gasteiger partial charge in [-0.05, 0) is 37.6 Å². The summed E-state index contributed by atoms with van der Waals surface area (Å²) in [6, 6.07) is 9.04. The van der Waals surface area contributed by atoms with Gasteiger partial charge in [0.2, 0.25) is 5.91 Å². The van der Waals surface area contributed by atoms with Crippen LogP contribution in [-0.2, 0) is 18.3 Å². The molecule has 0 atom stereocenters. The fraction of sp³-hybridized carbons (Fsp3) is 0.238. The van der Waals surface area contributed by atoms with Gasteiger partial charge in [-0.2, -0.15) is 0 Å². The average molecular weight is 401 g/mol. The van der Waals surface area contributed by atoms with E-state index in [4.69, 9.17) is 16.3 Å². The van der Waals surface area contributed by atoms with Crippen molar-refractivity contribution in [3.63, 3.8) is 0 Å². The fourth-order valence-electron chi connectivity index (χ4n) is 3.37. The van der Waals surface area contributed by atoms with E-state index in [1.165, 1.54) is 7.11 Å². The number of aromatic nitrogens is 1. The summed E-state index contributed by atoms with van der Waals surface area (Å²) in [7, 11) is 3.18. The van der Waals surface area contributed by atoms with Crippen LogP contribution >= 0.6 is 11.6 Å². The second-order valence-electron chi connectivity index (χ2n) is 6.74. The summed E-state index contributed by atoms with van der Waals surface area (Å²) >= 11 is 6.11. The Hall–Kier alpha value is -2.99. The van der Waals surface area contributed by atoms with Crippen LogP contribution in [0.5, 0.6) is 5.75 Å². The molecule has 2 aromatic carbocycles. The van der Waals surface area contributed by atoms with Gasteiger partial charge in [0, 0.05) is 34.6 Å². The first kappa shape index (κ1) is 19.8. The molecule has 3 aromatic rings. The lowest BCUT2D eigenvalue weighted by molar-refractivity contribution is -0.115. The zero-order chi connectivity index (χ0) is 20.6. The largest absolute Gasteiger partial charge is 0.495 e. The third-order valence-corrected chi connectivity index (χ3v) is 5.16. The molecule has 146 valence electrons. The molecule has 1 aromatic heterocycles. The Morgan fingerprint density at radius 3 is 2.57 bits per heavy atom. The lowest BCUT2D eigenvalue weighted by atomic mass is 10.0. The molecule has 0 bridgehead atoms. The van der Waals surface area contributed by atoms with Crippen LogP contribution in [0, 0.1) is 13.8 Å². The van der Waals surface area contributed by atoms with Gasteiger partial charge in [-0.1, -0.05) is 23.2 Å². The molecule has 3 rings (SSSR count). The topological polar surface area (TPSA) is 80.6 Å². The van der Waals surface area contributed by atoms with Crippen LogP contribution in [0.25, 0.3) is 10.9 Å². The smallest absolute Gasteiger partial charge is 0.352 e. The van der Waals surface area contributed by atoms with Crippen molar-refractivity contribution in [2.45, 2.75) is 20.3 Å². The zero-order valence-corrected chi connectivity index (χ0v) is 16.8. The number of amides is 1. The van der Waals surface area contributed by atoms with E-state index in [0.29, 0.717) is 22.0 Å². The average Bonchev–Trinajstić information content (AvgIpc) is 2.89. The van der Waals surface area contributed by atoms with E-state index < -0.39 is 5.97 Å². The summed E-state index contributed by atoms with van der Waals surface area (Å²) in [5.74, 6) is -0.966. The van der Waals surface area contributed by atoms with Gasteiger partial charge >= 0.3 is 5.97 Å². The molecule has 1 amide bonds. The van der Waals surface area contributed by atoms with Crippen LogP contribution in [0.2, 0.25) is 5.02 Å². The number of hydrogen-bond acceptors (Lipinski definition) is 3. The van der Waals surface area contributed by atoms with Crippen LogP contribution in [-0.4, -0.2) is 28.7 Å². The number of carbonyl (C=O) groups is 2. The number of benzene rings is 2. The predicted octanol–water partition coefficient (Wildman–Crippen LogP) is 4.34. The van der Waals surface area contributed by atoms with E-state index in [-0.39, 0.29) is 18.0 Å². The molecule has 6 nitrogen and oxygen atoms in total. The van der Waals surface area contributed by atoms with Crippen molar-refractivity contribution in [3.8, 4) is 5.75 Å². The first-order valence-corrected chi connectivity index (χ1v) is 9.06. The maximum atomic E-state index is 12.8. The first-order chi connectivity index (χ1) is 13.2. The summed E-state index contributed by atoms with van der Waals surface area (Å²) < 4.78 is 6.89. The normalized spacial score (nSPS) is 10.9. The molecule has 7 heteroatoms. The van der Waals surface area contributed by atoms with Crippen LogP contribution in [0.1, 0.15) is 27.2 Å². The third kappa shape index (κ3) is 3.55. The van der Waals surface area contributed by atoms with E-state index in [1.807, 2.05) is 32.0 Å². The number of halogens is 1. The van der Waals surface area contributed by atoms with Crippen molar-refractivity contribution >= 4 is 40.1 Å². The molecule has 0 unspecified atom stereocenters. The lowest BCUT2D eigenvalue weighted by Crippen LogP contribution is -2.17. The number of nitrogens with zero attached hydrogens (tertiary/aromatic N) is 1. The highest BCUT2D eigenvalue weighted by molar-refractivity contribution is 6.31. The molecule has 0 radical (unpaired) electrons. The number of fused-ring (bicyclic) bond motifs is 1. The Balaban J connectivity index is 2.00. The van der Waals surface area contributed by atoms with Crippen molar-refractivity contribution in [2.24, 2.45) is 7.05 Å². The Kier molecular flexibility index (Phi) is 5.34. The van der Waals surface area contributed by atoms with E-state index in [1.54, 1.807) is 23.7 Å². The lowest BCUT2D eigenvalue weighted by Gasteiger charge is -2.12. The zero-order valence-electron chi connectivity index (χ0n) is 16.1. The summed E-state index contributed by atoms with van der Waals surface area (Å²) in [5, 5.41) is 13.8. The number of carboxylic acids is 1. The number of aryl methyl sites for hydroxylation is 3. The number of anilines is 1. The number of hydrogen-bond donors (Lipinski definition) is 2. The van der Waals surface area contributed by atoms with Crippen LogP contribution in [0.3, 0.4) is 0 Å². The first-order valence-electron chi connectivity index (χ1n) is 8.68. The summed E-state index contributed by atoms with van der Waals surface area (Å²) in [6.07, 6.45) is -0.0761. The number of carbonyl (C=O) groups excluding carboxylic acids is 1. The Morgan fingerprint density at radius 1 is 1.21 bits per heavy atom. The molecule has 0 spiro atoms. The van der Waals surface area contributed by atoms with Crippen molar-refractivity contribution in [2.75, 3.05) is 12.4 Å². The van der Waals surface area contributed by atoms with E-state index in [2.05, 4.69) is 5.32 Å². The highest BCUT2D eigenvalue weighted by Gasteiger charge is 2.23. The minimum absolute atomic E-state index is 0.0761. The SMILES string of the molecule is COc1cc(Cl)c(C)cc1NC(=O)Cc1c(C(=O)O)n(C)c2ccc(C)cc12. The number of nitrogens with one attached hydrogen (secondary N) is 1. The Morgan fingerprint density at radius 2 is 1.93 bits per heavy atom. The molecule has 28 heavy (non-hydrogen) atoms. The number of methoxy groups -OCH3 is 1. The van der Waals surface area contributed by atoms with Gasteiger partial charge in [-0.25, -0.2) is 4.79 Å². The molecular formula is C21H21ClN2O4. The quantitative estimate of drug-likeness (QED) is 0.667. The summed E-state index contributed by atoms with van der Waals surface area (Å²) in [6.45, 7) is 3.76. The van der Waals surface area contributed by atoms with Gasteiger partial charge in [0.25, 0.3) is 0 Å².